The zero-order valence-corrected chi connectivity index (χ0v) is 11.6. The lowest BCUT2D eigenvalue weighted by atomic mass is 10.1. The molecule has 0 fully saturated rings. The number of nitro groups is 1. The van der Waals surface area contributed by atoms with E-state index in [0.717, 1.165) is 5.56 Å². The second-order valence-corrected chi connectivity index (χ2v) is 4.36. The quantitative estimate of drug-likeness (QED) is 0.665. The van der Waals surface area contributed by atoms with Crippen LogP contribution in [0.5, 0.6) is 0 Å². The number of rotatable bonds is 4. The topological polar surface area (TPSA) is 97.2 Å². The number of carbonyl (C=O) groups is 1. The molecule has 21 heavy (non-hydrogen) atoms. The van der Waals surface area contributed by atoms with E-state index < -0.39 is 10.8 Å². The normalized spacial score (nSPS) is 10.0. The summed E-state index contributed by atoms with van der Waals surface area (Å²) in [6.45, 7) is 1.81. The Labute approximate surface area is 121 Å². The number of aromatic nitrogens is 1. The average Bonchev–Trinajstić information content (AvgIpc) is 2.48. The maximum absolute atomic E-state index is 12.1. The molecule has 1 aromatic carbocycles. The van der Waals surface area contributed by atoms with Gasteiger partial charge in [0.1, 0.15) is 11.5 Å². The van der Waals surface area contributed by atoms with Crippen molar-refractivity contribution in [2.24, 2.45) is 0 Å². The van der Waals surface area contributed by atoms with Gasteiger partial charge in [-0.25, -0.2) is 4.98 Å². The number of hydrogen-bond donors (Lipinski definition) is 2. The van der Waals surface area contributed by atoms with Crippen molar-refractivity contribution in [3.63, 3.8) is 0 Å². The predicted octanol–water partition coefficient (Wildman–Crippen LogP) is 2.59. The molecule has 0 aliphatic carbocycles. The fraction of sp³-hybridized carbons (Fsp3) is 0.143. The van der Waals surface area contributed by atoms with Gasteiger partial charge in [-0.2, -0.15) is 0 Å². The molecular weight excluding hydrogens is 272 g/mol. The number of amides is 1. The van der Waals surface area contributed by atoms with Gasteiger partial charge in [0.15, 0.2) is 0 Å². The minimum atomic E-state index is -0.533. The first-order chi connectivity index (χ1) is 10.0. The van der Waals surface area contributed by atoms with Gasteiger partial charge in [-0.15, -0.1) is 0 Å². The Morgan fingerprint density at radius 1 is 1.33 bits per heavy atom. The zero-order valence-electron chi connectivity index (χ0n) is 11.6. The molecular formula is C14H14N4O3. The molecule has 0 saturated carbocycles. The van der Waals surface area contributed by atoms with E-state index in [-0.39, 0.29) is 11.3 Å². The van der Waals surface area contributed by atoms with Crippen molar-refractivity contribution in [3.05, 3.63) is 57.8 Å². The SMILES string of the molecule is CNc1ccc(C(=O)Nc2ncccc2C)cc1[N+](=O)[O-]. The van der Waals surface area contributed by atoms with Crippen LogP contribution >= 0.6 is 0 Å². The van der Waals surface area contributed by atoms with Crippen LogP contribution in [0.15, 0.2) is 36.5 Å². The van der Waals surface area contributed by atoms with Crippen LogP contribution in [0.25, 0.3) is 0 Å². The number of hydrogen-bond acceptors (Lipinski definition) is 5. The molecule has 0 radical (unpaired) electrons. The number of pyridine rings is 1. The molecule has 0 aliphatic heterocycles. The van der Waals surface area contributed by atoms with Crippen molar-refractivity contribution in [2.75, 3.05) is 17.7 Å². The van der Waals surface area contributed by atoms with Gasteiger partial charge in [-0.1, -0.05) is 6.07 Å². The molecule has 1 aromatic heterocycles. The van der Waals surface area contributed by atoms with Gasteiger partial charge in [0.2, 0.25) is 0 Å². The van der Waals surface area contributed by atoms with Crippen LogP contribution in [0.1, 0.15) is 15.9 Å². The monoisotopic (exact) mass is 286 g/mol. The second kappa shape index (κ2) is 6.00. The molecule has 2 rings (SSSR count). The minimum absolute atomic E-state index is 0.150. The lowest BCUT2D eigenvalue weighted by molar-refractivity contribution is -0.384. The third kappa shape index (κ3) is 3.14. The fourth-order valence-electron chi connectivity index (χ4n) is 1.83. The van der Waals surface area contributed by atoms with Gasteiger partial charge in [-0.3, -0.25) is 14.9 Å². The third-order valence-corrected chi connectivity index (χ3v) is 2.97. The number of benzene rings is 1. The molecule has 7 heteroatoms. The van der Waals surface area contributed by atoms with Crippen LogP contribution in [0, 0.1) is 17.0 Å². The van der Waals surface area contributed by atoms with Crippen LogP contribution in [0.4, 0.5) is 17.2 Å². The number of nitro benzene ring substituents is 1. The largest absolute Gasteiger partial charge is 0.383 e. The highest BCUT2D eigenvalue weighted by Crippen LogP contribution is 2.25. The summed E-state index contributed by atoms with van der Waals surface area (Å²) in [7, 11) is 1.58. The highest BCUT2D eigenvalue weighted by atomic mass is 16.6. The van der Waals surface area contributed by atoms with Crippen molar-refractivity contribution in [1.29, 1.82) is 0 Å². The molecule has 0 unspecified atom stereocenters. The lowest BCUT2D eigenvalue weighted by Crippen LogP contribution is -2.14. The molecule has 0 aliphatic rings. The summed E-state index contributed by atoms with van der Waals surface area (Å²) < 4.78 is 0. The lowest BCUT2D eigenvalue weighted by Gasteiger charge is -2.08. The van der Waals surface area contributed by atoms with Gasteiger partial charge in [-0.05, 0) is 30.7 Å². The predicted molar refractivity (Wildman–Crippen MR) is 79.6 cm³/mol. The van der Waals surface area contributed by atoms with E-state index in [4.69, 9.17) is 0 Å². The van der Waals surface area contributed by atoms with E-state index in [9.17, 15) is 14.9 Å². The Kier molecular flexibility index (Phi) is 4.13. The van der Waals surface area contributed by atoms with Gasteiger partial charge >= 0.3 is 0 Å². The maximum Gasteiger partial charge on any atom is 0.293 e. The highest BCUT2D eigenvalue weighted by Gasteiger charge is 2.17. The smallest absolute Gasteiger partial charge is 0.293 e. The number of nitrogens with zero attached hydrogens (tertiary/aromatic N) is 2. The summed E-state index contributed by atoms with van der Waals surface area (Å²) in [5.41, 5.74) is 1.21. The van der Waals surface area contributed by atoms with Gasteiger partial charge < -0.3 is 10.6 Å². The number of aryl methyl sites for hydroxylation is 1. The molecule has 0 saturated heterocycles. The molecule has 7 nitrogen and oxygen atoms in total. The Balaban J connectivity index is 2.30. The second-order valence-electron chi connectivity index (χ2n) is 4.36. The zero-order chi connectivity index (χ0) is 15.4. The van der Waals surface area contributed by atoms with E-state index in [1.54, 1.807) is 19.3 Å². The minimum Gasteiger partial charge on any atom is -0.383 e. The Morgan fingerprint density at radius 3 is 2.71 bits per heavy atom. The van der Waals surface area contributed by atoms with E-state index in [1.807, 2.05) is 13.0 Å². The summed E-state index contributed by atoms with van der Waals surface area (Å²) in [6, 6.07) is 7.83. The molecule has 0 atom stereocenters. The molecule has 2 aromatic rings. The van der Waals surface area contributed by atoms with Crippen LogP contribution < -0.4 is 10.6 Å². The first-order valence-electron chi connectivity index (χ1n) is 6.22. The summed E-state index contributed by atoms with van der Waals surface area (Å²) in [5, 5.41) is 16.3. The summed E-state index contributed by atoms with van der Waals surface area (Å²) in [6.07, 6.45) is 1.56. The van der Waals surface area contributed by atoms with Crippen molar-refractivity contribution in [1.82, 2.24) is 4.98 Å². The summed E-state index contributed by atoms with van der Waals surface area (Å²) in [5.74, 6) is -0.00889. The van der Waals surface area contributed by atoms with E-state index in [1.165, 1.54) is 18.2 Å². The first kappa shape index (κ1) is 14.4. The highest BCUT2D eigenvalue weighted by molar-refractivity contribution is 6.04. The van der Waals surface area contributed by atoms with Gasteiger partial charge in [0.05, 0.1) is 4.92 Å². The van der Waals surface area contributed by atoms with Crippen LogP contribution in [0.3, 0.4) is 0 Å². The van der Waals surface area contributed by atoms with E-state index >= 15 is 0 Å². The first-order valence-corrected chi connectivity index (χ1v) is 6.22. The Morgan fingerprint density at radius 2 is 2.10 bits per heavy atom. The molecule has 2 N–H and O–H groups in total. The van der Waals surface area contributed by atoms with Crippen LogP contribution in [-0.4, -0.2) is 22.9 Å². The standard InChI is InChI=1S/C14H14N4O3/c1-9-4-3-7-16-13(9)17-14(19)10-5-6-11(15-2)12(8-10)18(20)21/h3-8,15H,1-2H3,(H,16,17,19). The van der Waals surface area contributed by atoms with Crippen molar-refractivity contribution in [3.8, 4) is 0 Å². The average molecular weight is 286 g/mol. The molecule has 108 valence electrons. The summed E-state index contributed by atoms with van der Waals surface area (Å²) >= 11 is 0. The van der Waals surface area contributed by atoms with Gasteiger partial charge in [0.25, 0.3) is 11.6 Å². The van der Waals surface area contributed by atoms with Gasteiger partial charge in [0, 0.05) is 24.9 Å². The number of anilines is 2. The molecule has 1 heterocycles. The number of carbonyl (C=O) groups excluding carboxylic acids is 1. The van der Waals surface area contributed by atoms with E-state index in [2.05, 4.69) is 15.6 Å². The molecule has 1 amide bonds. The fourth-order valence-corrected chi connectivity index (χ4v) is 1.83. The molecule has 0 spiro atoms. The van der Waals surface area contributed by atoms with E-state index in [0.29, 0.717) is 11.5 Å². The molecule has 0 bridgehead atoms. The van der Waals surface area contributed by atoms with Crippen molar-refractivity contribution >= 4 is 23.1 Å². The maximum atomic E-state index is 12.1. The van der Waals surface area contributed by atoms with Crippen molar-refractivity contribution < 1.29 is 9.72 Å². The van der Waals surface area contributed by atoms with Crippen LogP contribution in [0.2, 0.25) is 0 Å². The number of nitrogens with one attached hydrogen (secondary N) is 2. The summed E-state index contributed by atoms with van der Waals surface area (Å²) in [4.78, 5) is 26.7. The third-order valence-electron chi connectivity index (χ3n) is 2.97. The van der Waals surface area contributed by atoms with Crippen molar-refractivity contribution in [2.45, 2.75) is 6.92 Å². The Bertz CT molecular complexity index is 700. The van der Waals surface area contributed by atoms with Crippen LogP contribution in [-0.2, 0) is 0 Å². The Hall–Kier alpha value is -2.96.